The molecule has 0 amide bonds. The molecule has 1 aromatic rings. The number of hydrogen-bond donors (Lipinski definition) is 2. The first-order valence-corrected chi connectivity index (χ1v) is 5.70. The summed E-state index contributed by atoms with van der Waals surface area (Å²) >= 11 is 5.99. The Hall–Kier alpha value is -1.26. The molecule has 0 heterocycles. The number of aromatic carboxylic acids is 1. The van der Waals surface area contributed by atoms with Crippen LogP contribution in [0.5, 0.6) is 0 Å². The number of carboxylic acids is 1. The van der Waals surface area contributed by atoms with E-state index in [1.165, 1.54) is 12.1 Å². The summed E-state index contributed by atoms with van der Waals surface area (Å²) in [4.78, 5) is 10.7. The quantitative estimate of drug-likeness (QED) is 0.823. The lowest BCUT2D eigenvalue weighted by atomic mass is 10.2. The summed E-state index contributed by atoms with van der Waals surface area (Å²) in [6.45, 7) is 2.68. The van der Waals surface area contributed by atoms with Gasteiger partial charge in [-0.05, 0) is 31.5 Å². The van der Waals surface area contributed by atoms with Gasteiger partial charge in [0, 0.05) is 19.8 Å². The number of carbonyl (C=O) groups is 1. The van der Waals surface area contributed by atoms with E-state index in [2.05, 4.69) is 5.32 Å². The summed E-state index contributed by atoms with van der Waals surface area (Å²) in [5, 5.41) is 12.4. The maximum absolute atomic E-state index is 10.7. The van der Waals surface area contributed by atoms with Gasteiger partial charge in [-0.25, -0.2) is 4.79 Å². The average molecular weight is 258 g/mol. The molecule has 0 aliphatic rings. The van der Waals surface area contributed by atoms with Crippen LogP contribution in [0.15, 0.2) is 18.2 Å². The molecule has 5 heteroatoms. The predicted octanol–water partition coefficient (Wildman–Crippen LogP) is 2.88. The highest BCUT2D eigenvalue weighted by Crippen LogP contribution is 2.24. The second kappa shape index (κ2) is 6.47. The van der Waals surface area contributed by atoms with Crippen LogP contribution >= 0.6 is 11.6 Å². The van der Waals surface area contributed by atoms with Crippen molar-refractivity contribution in [1.29, 1.82) is 0 Å². The van der Waals surface area contributed by atoms with Gasteiger partial charge >= 0.3 is 5.97 Å². The molecule has 0 aromatic heterocycles. The molecule has 1 rings (SSSR count). The van der Waals surface area contributed by atoms with Crippen molar-refractivity contribution in [2.24, 2.45) is 0 Å². The van der Waals surface area contributed by atoms with Crippen LogP contribution in [0.4, 0.5) is 5.69 Å². The summed E-state index contributed by atoms with van der Waals surface area (Å²) in [6, 6.07) is 4.85. The first-order valence-electron chi connectivity index (χ1n) is 5.33. The number of nitrogens with one attached hydrogen (secondary N) is 1. The van der Waals surface area contributed by atoms with E-state index in [-0.39, 0.29) is 11.6 Å². The Morgan fingerprint density at radius 3 is 2.82 bits per heavy atom. The minimum absolute atomic E-state index is 0.185. The molecule has 1 atom stereocenters. The van der Waals surface area contributed by atoms with Gasteiger partial charge in [0.05, 0.1) is 16.3 Å². The molecule has 0 aliphatic heterocycles. The fourth-order valence-corrected chi connectivity index (χ4v) is 1.63. The Kier molecular flexibility index (Phi) is 5.25. The van der Waals surface area contributed by atoms with Crippen LogP contribution in [-0.2, 0) is 4.74 Å². The van der Waals surface area contributed by atoms with Crippen LogP contribution in [0.3, 0.4) is 0 Å². The minimum atomic E-state index is -0.981. The van der Waals surface area contributed by atoms with E-state index in [9.17, 15) is 4.79 Å². The Labute approximate surface area is 106 Å². The van der Waals surface area contributed by atoms with E-state index < -0.39 is 5.97 Å². The largest absolute Gasteiger partial charge is 0.478 e. The highest BCUT2D eigenvalue weighted by atomic mass is 35.5. The van der Waals surface area contributed by atoms with Gasteiger partial charge in [0.2, 0.25) is 0 Å². The first-order chi connectivity index (χ1) is 8.04. The molecule has 1 unspecified atom stereocenters. The van der Waals surface area contributed by atoms with Gasteiger partial charge in [0.25, 0.3) is 0 Å². The summed E-state index contributed by atoms with van der Waals surface area (Å²) in [7, 11) is 1.65. The topological polar surface area (TPSA) is 58.6 Å². The number of halogens is 1. The third kappa shape index (κ3) is 4.24. The van der Waals surface area contributed by atoms with Gasteiger partial charge in [-0.15, -0.1) is 0 Å². The van der Waals surface area contributed by atoms with Gasteiger partial charge in [-0.1, -0.05) is 11.6 Å². The molecule has 0 fully saturated rings. The van der Waals surface area contributed by atoms with Crippen LogP contribution in [-0.4, -0.2) is 30.8 Å². The maximum Gasteiger partial charge on any atom is 0.335 e. The Balaban J connectivity index is 2.69. The second-order valence-electron chi connectivity index (χ2n) is 3.83. The van der Waals surface area contributed by atoms with Crippen LogP contribution in [0, 0.1) is 0 Å². The molecule has 1 aromatic carbocycles. The number of carboxylic acid groups (broad SMARTS) is 1. The highest BCUT2D eigenvalue weighted by molar-refractivity contribution is 6.33. The van der Waals surface area contributed by atoms with E-state index in [1.807, 2.05) is 6.92 Å². The molecule has 0 saturated heterocycles. The number of methoxy groups -OCH3 is 1. The van der Waals surface area contributed by atoms with Crippen LogP contribution < -0.4 is 5.32 Å². The predicted molar refractivity (Wildman–Crippen MR) is 68.0 cm³/mol. The van der Waals surface area contributed by atoms with Crippen LogP contribution in [0.2, 0.25) is 5.02 Å². The Bertz CT molecular complexity index is 395. The van der Waals surface area contributed by atoms with E-state index in [0.717, 1.165) is 12.1 Å². The fraction of sp³-hybridized carbons (Fsp3) is 0.417. The molecule has 94 valence electrons. The molecular weight excluding hydrogens is 242 g/mol. The van der Waals surface area contributed by atoms with Gasteiger partial charge in [-0.3, -0.25) is 0 Å². The standard InChI is InChI=1S/C12H16ClNO3/c1-8(5-6-17-2)14-11-4-3-9(12(15)16)7-10(11)13/h3-4,7-8,14H,5-6H2,1-2H3,(H,15,16). The van der Waals surface area contributed by atoms with Crippen molar-refractivity contribution in [2.45, 2.75) is 19.4 Å². The first kappa shape index (κ1) is 13.8. The Morgan fingerprint density at radius 2 is 2.29 bits per heavy atom. The molecule has 4 nitrogen and oxygen atoms in total. The van der Waals surface area contributed by atoms with Crippen molar-refractivity contribution in [2.75, 3.05) is 19.0 Å². The summed E-state index contributed by atoms with van der Waals surface area (Å²) in [5.74, 6) is -0.981. The van der Waals surface area contributed by atoms with Crippen molar-refractivity contribution < 1.29 is 14.6 Å². The molecule has 0 saturated carbocycles. The number of hydrogen-bond acceptors (Lipinski definition) is 3. The SMILES string of the molecule is COCCC(C)Nc1ccc(C(=O)O)cc1Cl. The molecule has 0 spiro atoms. The van der Waals surface area contributed by atoms with E-state index >= 15 is 0 Å². The van der Waals surface area contributed by atoms with Crippen molar-refractivity contribution in [1.82, 2.24) is 0 Å². The zero-order chi connectivity index (χ0) is 12.8. The number of ether oxygens (including phenoxy) is 1. The Morgan fingerprint density at radius 1 is 1.59 bits per heavy atom. The average Bonchev–Trinajstić information content (AvgIpc) is 2.28. The zero-order valence-electron chi connectivity index (χ0n) is 9.87. The highest BCUT2D eigenvalue weighted by Gasteiger charge is 2.09. The van der Waals surface area contributed by atoms with Crippen molar-refractivity contribution in [3.05, 3.63) is 28.8 Å². The lowest BCUT2D eigenvalue weighted by Gasteiger charge is -2.16. The van der Waals surface area contributed by atoms with Gasteiger partial charge in [0.15, 0.2) is 0 Å². The van der Waals surface area contributed by atoms with Gasteiger partial charge in [-0.2, -0.15) is 0 Å². The van der Waals surface area contributed by atoms with E-state index in [4.69, 9.17) is 21.4 Å². The lowest BCUT2D eigenvalue weighted by Crippen LogP contribution is -2.17. The zero-order valence-corrected chi connectivity index (χ0v) is 10.6. The molecule has 17 heavy (non-hydrogen) atoms. The van der Waals surface area contributed by atoms with Crippen molar-refractivity contribution in [3.8, 4) is 0 Å². The number of rotatable bonds is 6. The lowest BCUT2D eigenvalue weighted by molar-refractivity contribution is 0.0697. The smallest absolute Gasteiger partial charge is 0.335 e. The molecule has 0 bridgehead atoms. The monoisotopic (exact) mass is 257 g/mol. The van der Waals surface area contributed by atoms with E-state index in [0.29, 0.717) is 11.6 Å². The molecule has 0 aliphatic carbocycles. The van der Waals surface area contributed by atoms with Gasteiger partial charge in [0.1, 0.15) is 0 Å². The summed E-state index contributed by atoms with van der Waals surface area (Å²) in [5.41, 5.74) is 0.922. The number of anilines is 1. The maximum atomic E-state index is 10.7. The van der Waals surface area contributed by atoms with Crippen molar-refractivity contribution >= 4 is 23.3 Å². The minimum Gasteiger partial charge on any atom is -0.478 e. The van der Waals surface area contributed by atoms with Crippen LogP contribution in [0.25, 0.3) is 0 Å². The van der Waals surface area contributed by atoms with Crippen molar-refractivity contribution in [3.63, 3.8) is 0 Å². The summed E-state index contributed by atoms with van der Waals surface area (Å²) in [6.07, 6.45) is 0.855. The number of benzene rings is 1. The molecular formula is C12H16ClNO3. The molecule has 0 radical (unpaired) electrons. The normalized spacial score (nSPS) is 12.2. The second-order valence-corrected chi connectivity index (χ2v) is 4.23. The van der Waals surface area contributed by atoms with E-state index in [1.54, 1.807) is 13.2 Å². The summed E-state index contributed by atoms with van der Waals surface area (Å²) < 4.78 is 4.98. The van der Waals surface area contributed by atoms with Crippen LogP contribution in [0.1, 0.15) is 23.7 Å². The third-order valence-corrected chi connectivity index (χ3v) is 2.69. The fourth-order valence-electron chi connectivity index (χ4n) is 1.40. The molecule has 2 N–H and O–H groups in total. The third-order valence-electron chi connectivity index (χ3n) is 2.37. The van der Waals surface area contributed by atoms with Gasteiger partial charge < -0.3 is 15.2 Å².